The third-order valence-electron chi connectivity index (χ3n) is 3.61. The molecular formula is C20H17N3O. The van der Waals surface area contributed by atoms with E-state index in [0.717, 1.165) is 22.4 Å². The molecule has 2 aromatic rings. The Kier molecular flexibility index (Phi) is 5.14. The number of aryl methyl sites for hydroxylation is 3. The lowest BCUT2D eigenvalue weighted by molar-refractivity contribution is -0.112. The van der Waals surface area contributed by atoms with Crippen LogP contribution < -0.4 is 5.32 Å². The van der Waals surface area contributed by atoms with Gasteiger partial charge in [0.25, 0.3) is 5.91 Å². The van der Waals surface area contributed by atoms with Crippen molar-refractivity contribution in [2.24, 2.45) is 0 Å². The summed E-state index contributed by atoms with van der Waals surface area (Å²) in [5.41, 5.74) is 4.84. The van der Waals surface area contributed by atoms with Gasteiger partial charge >= 0.3 is 0 Å². The Labute approximate surface area is 141 Å². The Morgan fingerprint density at radius 2 is 1.75 bits per heavy atom. The number of amides is 1. The highest BCUT2D eigenvalue weighted by molar-refractivity contribution is 6.10. The molecular weight excluding hydrogens is 298 g/mol. The fourth-order valence-corrected chi connectivity index (χ4v) is 2.57. The third kappa shape index (κ3) is 3.88. The highest BCUT2D eigenvalue weighted by atomic mass is 16.1. The summed E-state index contributed by atoms with van der Waals surface area (Å²) in [6.07, 6.45) is 1.48. The summed E-state index contributed by atoms with van der Waals surface area (Å²) in [6.45, 7) is 5.83. The van der Waals surface area contributed by atoms with Crippen LogP contribution >= 0.6 is 0 Å². The molecule has 0 heterocycles. The number of rotatable bonds is 3. The largest absolute Gasteiger partial charge is 0.321 e. The molecule has 0 radical (unpaired) electrons. The second-order valence-electron chi connectivity index (χ2n) is 5.63. The zero-order valence-corrected chi connectivity index (χ0v) is 13.8. The first-order valence-corrected chi connectivity index (χ1v) is 7.45. The molecule has 1 amide bonds. The van der Waals surface area contributed by atoms with Gasteiger partial charge in [0, 0.05) is 5.69 Å². The second kappa shape index (κ2) is 7.26. The minimum absolute atomic E-state index is 0.00975. The van der Waals surface area contributed by atoms with Crippen LogP contribution in [0.2, 0.25) is 0 Å². The Morgan fingerprint density at radius 3 is 2.33 bits per heavy atom. The normalized spacial score (nSPS) is 10.6. The highest BCUT2D eigenvalue weighted by Gasteiger charge is 2.13. The number of hydrogen-bond donors (Lipinski definition) is 1. The van der Waals surface area contributed by atoms with Crippen molar-refractivity contribution in [3.8, 4) is 12.1 Å². The van der Waals surface area contributed by atoms with Gasteiger partial charge in [-0.3, -0.25) is 4.79 Å². The van der Waals surface area contributed by atoms with Crippen LogP contribution in [0.25, 0.3) is 6.08 Å². The van der Waals surface area contributed by atoms with Crippen LogP contribution in [0.15, 0.2) is 42.0 Å². The number of carbonyl (C=O) groups is 1. The van der Waals surface area contributed by atoms with E-state index in [4.69, 9.17) is 5.26 Å². The van der Waals surface area contributed by atoms with Gasteiger partial charge in [-0.05, 0) is 55.7 Å². The van der Waals surface area contributed by atoms with E-state index in [-0.39, 0.29) is 5.57 Å². The zero-order valence-electron chi connectivity index (χ0n) is 13.8. The molecule has 118 valence electrons. The SMILES string of the molecule is Cc1cc(C)c(NC(=O)/C(C#N)=C/c2cccc(C#N)c2)c(C)c1. The maximum absolute atomic E-state index is 12.4. The molecule has 0 fully saturated rings. The minimum Gasteiger partial charge on any atom is -0.321 e. The first-order valence-electron chi connectivity index (χ1n) is 7.45. The molecule has 0 aromatic heterocycles. The summed E-state index contributed by atoms with van der Waals surface area (Å²) in [7, 11) is 0. The lowest BCUT2D eigenvalue weighted by Crippen LogP contribution is -2.15. The number of nitriles is 2. The van der Waals surface area contributed by atoms with Crippen molar-refractivity contribution in [1.82, 2.24) is 0 Å². The minimum atomic E-state index is -0.463. The van der Waals surface area contributed by atoms with Gasteiger partial charge in [-0.1, -0.05) is 29.8 Å². The topological polar surface area (TPSA) is 76.7 Å². The van der Waals surface area contributed by atoms with E-state index in [1.165, 1.54) is 6.08 Å². The van der Waals surface area contributed by atoms with E-state index < -0.39 is 5.91 Å². The van der Waals surface area contributed by atoms with Crippen LogP contribution in [0.3, 0.4) is 0 Å². The van der Waals surface area contributed by atoms with Gasteiger partial charge in [0.2, 0.25) is 0 Å². The Morgan fingerprint density at radius 1 is 1.08 bits per heavy atom. The number of nitrogens with zero attached hydrogens (tertiary/aromatic N) is 2. The van der Waals surface area contributed by atoms with Crippen molar-refractivity contribution in [1.29, 1.82) is 10.5 Å². The van der Waals surface area contributed by atoms with Crippen molar-refractivity contribution < 1.29 is 4.79 Å². The van der Waals surface area contributed by atoms with Crippen molar-refractivity contribution >= 4 is 17.7 Å². The zero-order chi connectivity index (χ0) is 17.7. The van der Waals surface area contributed by atoms with Crippen molar-refractivity contribution in [2.75, 3.05) is 5.32 Å². The first kappa shape index (κ1) is 17.0. The van der Waals surface area contributed by atoms with Crippen LogP contribution in [-0.2, 0) is 4.79 Å². The third-order valence-corrected chi connectivity index (χ3v) is 3.61. The van der Waals surface area contributed by atoms with E-state index in [0.29, 0.717) is 11.1 Å². The van der Waals surface area contributed by atoms with E-state index in [1.807, 2.05) is 45.0 Å². The number of hydrogen-bond acceptors (Lipinski definition) is 3. The van der Waals surface area contributed by atoms with Crippen LogP contribution in [0, 0.1) is 43.4 Å². The maximum Gasteiger partial charge on any atom is 0.266 e. The molecule has 0 spiro atoms. The van der Waals surface area contributed by atoms with Crippen LogP contribution in [0.4, 0.5) is 5.69 Å². The fourth-order valence-electron chi connectivity index (χ4n) is 2.57. The molecule has 4 nitrogen and oxygen atoms in total. The molecule has 0 unspecified atom stereocenters. The molecule has 2 rings (SSSR count). The molecule has 0 saturated carbocycles. The maximum atomic E-state index is 12.4. The molecule has 0 aliphatic rings. The smallest absolute Gasteiger partial charge is 0.266 e. The fraction of sp³-hybridized carbons (Fsp3) is 0.150. The van der Waals surface area contributed by atoms with Crippen molar-refractivity contribution in [3.05, 3.63) is 69.8 Å². The molecule has 0 aliphatic heterocycles. The average Bonchev–Trinajstić information content (AvgIpc) is 2.55. The van der Waals surface area contributed by atoms with Gasteiger partial charge in [0.05, 0.1) is 11.6 Å². The molecule has 4 heteroatoms. The van der Waals surface area contributed by atoms with Gasteiger partial charge in [-0.15, -0.1) is 0 Å². The average molecular weight is 315 g/mol. The summed E-state index contributed by atoms with van der Waals surface area (Å²) in [5.74, 6) is -0.463. The number of carbonyl (C=O) groups excluding carboxylic acids is 1. The Hall–Kier alpha value is -3.37. The number of nitrogens with one attached hydrogen (secondary N) is 1. The van der Waals surface area contributed by atoms with Crippen LogP contribution in [-0.4, -0.2) is 5.91 Å². The van der Waals surface area contributed by atoms with Crippen LogP contribution in [0.5, 0.6) is 0 Å². The van der Waals surface area contributed by atoms with Crippen molar-refractivity contribution in [2.45, 2.75) is 20.8 Å². The molecule has 0 saturated heterocycles. The monoisotopic (exact) mass is 315 g/mol. The summed E-state index contributed by atoms with van der Waals surface area (Å²) < 4.78 is 0. The number of benzene rings is 2. The quantitative estimate of drug-likeness (QED) is 0.686. The van der Waals surface area contributed by atoms with E-state index >= 15 is 0 Å². The molecule has 1 N–H and O–H groups in total. The van der Waals surface area contributed by atoms with Gasteiger partial charge in [-0.2, -0.15) is 10.5 Å². The van der Waals surface area contributed by atoms with E-state index in [1.54, 1.807) is 24.3 Å². The van der Waals surface area contributed by atoms with Gasteiger partial charge in [0.15, 0.2) is 0 Å². The summed E-state index contributed by atoms with van der Waals surface area (Å²) in [6, 6.07) is 14.7. The first-order chi connectivity index (χ1) is 11.4. The standard InChI is InChI=1S/C20H17N3O/c1-13-7-14(2)19(15(3)8-13)23-20(24)18(12-22)10-16-5-4-6-17(9-16)11-21/h4-10H,1-3H3,(H,23,24)/b18-10+. The highest BCUT2D eigenvalue weighted by Crippen LogP contribution is 2.22. The molecule has 0 bridgehead atoms. The lowest BCUT2D eigenvalue weighted by atomic mass is 10.0. The predicted molar refractivity (Wildman–Crippen MR) is 94.0 cm³/mol. The molecule has 0 aliphatic carbocycles. The Bertz CT molecular complexity index is 888. The van der Waals surface area contributed by atoms with Crippen molar-refractivity contribution in [3.63, 3.8) is 0 Å². The van der Waals surface area contributed by atoms with E-state index in [9.17, 15) is 10.1 Å². The second-order valence-corrected chi connectivity index (χ2v) is 5.63. The van der Waals surface area contributed by atoms with Gasteiger partial charge in [-0.25, -0.2) is 0 Å². The van der Waals surface area contributed by atoms with Gasteiger partial charge in [0.1, 0.15) is 11.6 Å². The number of anilines is 1. The summed E-state index contributed by atoms with van der Waals surface area (Å²) in [5, 5.41) is 21.0. The van der Waals surface area contributed by atoms with Gasteiger partial charge < -0.3 is 5.32 Å². The Balaban J connectivity index is 2.32. The summed E-state index contributed by atoms with van der Waals surface area (Å²) in [4.78, 5) is 12.4. The van der Waals surface area contributed by atoms with E-state index in [2.05, 4.69) is 5.32 Å². The molecule has 0 atom stereocenters. The molecule has 24 heavy (non-hydrogen) atoms. The van der Waals surface area contributed by atoms with Crippen LogP contribution in [0.1, 0.15) is 27.8 Å². The summed E-state index contributed by atoms with van der Waals surface area (Å²) >= 11 is 0. The lowest BCUT2D eigenvalue weighted by Gasteiger charge is -2.12. The predicted octanol–water partition coefficient (Wildman–Crippen LogP) is 4.03. The molecule has 2 aromatic carbocycles.